The minimum absolute atomic E-state index is 0. The lowest BCUT2D eigenvalue weighted by Crippen LogP contribution is -2.33. The third kappa shape index (κ3) is 4.02. The van der Waals surface area contributed by atoms with Crippen LogP contribution in [0.3, 0.4) is 0 Å². The van der Waals surface area contributed by atoms with E-state index in [2.05, 4.69) is 0 Å². The fraction of sp³-hybridized carbons (Fsp3) is 0.625. The maximum atomic E-state index is 10.2. The zero-order valence-corrected chi connectivity index (χ0v) is 13.6. The number of benzene rings is 1. The van der Waals surface area contributed by atoms with Gasteiger partial charge in [-0.2, -0.15) is 0 Å². The van der Waals surface area contributed by atoms with Crippen molar-refractivity contribution in [1.82, 2.24) is 0 Å². The molecule has 3 atom stereocenters. The Balaban J connectivity index is 0.00000220. The van der Waals surface area contributed by atoms with Gasteiger partial charge in [-0.05, 0) is 43.0 Å². The lowest BCUT2D eigenvalue weighted by Gasteiger charge is -2.34. The molecule has 120 valence electrons. The number of hydrogen-bond acceptors (Lipinski definition) is 4. The zero-order chi connectivity index (χ0) is 14.5. The Hall–Kier alpha value is -0.970. The molecule has 0 amide bonds. The summed E-state index contributed by atoms with van der Waals surface area (Å²) in [6, 6.07) is 5.92. The normalized spacial score (nSPS) is 23.0. The van der Waals surface area contributed by atoms with Crippen molar-refractivity contribution < 1.29 is 14.6 Å². The van der Waals surface area contributed by atoms with Gasteiger partial charge < -0.3 is 20.3 Å². The molecule has 21 heavy (non-hydrogen) atoms. The van der Waals surface area contributed by atoms with E-state index in [0.29, 0.717) is 12.3 Å². The number of ether oxygens (including phenoxy) is 2. The second kappa shape index (κ2) is 8.47. The fourth-order valence-corrected chi connectivity index (χ4v) is 3.25. The number of aliphatic hydroxyl groups is 1. The smallest absolute Gasteiger partial charge is 0.160 e. The van der Waals surface area contributed by atoms with Gasteiger partial charge in [-0.3, -0.25) is 0 Å². The van der Waals surface area contributed by atoms with Crippen LogP contribution in [0.15, 0.2) is 18.2 Å². The van der Waals surface area contributed by atoms with Crippen LogP contribution < -0.4 is 15.2 Å². The first kappa shape index (κ1) is 18.1. The minimum Gasteiger partial charge on any atom is -0.493 e. The van der Waals surface area contributed by atoms with E-state index in [0.717, 1.165) is 30.6 Å². The Morgan fingerprint density at radius 1 is 1.19 bits per heavy atom. The van der Waals surface area contributed by atoms with Crippen LogP contribution in [-0.4, -0.2) is 32.0 Å². The first-order valence-corrected chi connectivity index (χ1v) is 7.31. The van der Waals surface area contributed by atoms with Crippen LogP contribution in [0.25, 0.3) is 0 Å². The molecule has 0 bridgehead atoms. The molecule has 0 aromatic heterocycles. The average Bonchev–Trinajstić information content (AvgIpc) is 2.49. The van der Waals surface area contributed by atoms with Crippen molar-refractivity contribution >= 4 is 12.4 Å². The van der Waals surface area contributed by atoms with E-state index in [1.165, 1.54) is 6.42 Å². The summed E-state index contributed by atoms with van der Waals surface area (Å²) in [6.45, 7) is 0.539. The number of methoxy groups -OCH3 is 2. The van der Waals surface area contributed by atoms with Crippen molar-refractivity contribution in [2.45, 2.75) is 37.7 Å². The SMILES string of the molecule is COc1ccc([C@H](CN)[C@H]2CCCC[C@H]2O)cc1OC.Cl. The maximum Gasteiger partial charge on any atom is 0.160 e. The van der Waals surface area contributed by atoms with Crippen LogP contribution in [0.1, 0.15) is 37.2 Å². The van der Waals surface area contributed by atoms with Crippen LogP contribution in [0.4, 0.5) is 0 Å². The van der Waals surface area contributed by atoms with E-state index >= 15 is 0 Å². The van der Waals surface area contributed by atoms with E-state index < -0.39 is 0 Å². The van der Waals surface area contributed by atoms with E-state index in [-0.39, 0.29) is 30.3 Å². The second-order valence-electron chi connectivity index (χ2n) is 5.47. The topological polar surface area (TPSA) is 64.7 Å². The molecule has 1 aromatic rings. The largest absolute Gasteiger partial charge is 0.493 e. The molecule has 2 rings (SSSR count). The Morgan fingerprint density at radius 3 is 2.43 bits per heavy atom. The van der Waals surface area contributed by atoms with E-state index in [1.807, 2.05) is 18.2 Å². The molecule has 0 saturated heterocycles. The van der Waals surface area contributed by atoms with E-state index in [1.54, 1.807) is 14.2 Å². The van der Waals surface area contributed by atoms with Crippen LogP contribution >= 0.6 is 12.4 Å². The molecule has 1 aliphatic carbocycles. The number of aliphatic hydroxyl groups excluding tert-OH is 1. The fourth-order valence-electron chi connectivity index (χ4n) is 3.25. The highest BCUT2D eigenvalue weighted by Gasteiger charge is 2.31. The zero-order valence-electron chi connectivity index (χ0n) is 12.7. The molecule has 3 N–H and O–H groups in total. The van der Waals surface area contributed by atoms with Gasteiger partial charge in [0.15, 0.2) is 11.5 Å². The highest BCUT2D eigenvalue weighted by Crippen LogP contribution is 2.38. The highest BCUT2D eigenvalue weighted by atomic mass is 35.5. The highest BCUT2D eigenvalue weighted by molar-refractivity contribution is 5.85. The monoisotopic (exact) mass is 315 g/mol. The van der Waals surface area contributed by atoms with Crippen LogP contribution in [-0.2, 0) is 0 Å². The van der Waals surface area contributed by atoms with Gasteiger partial charge in [0.25, 0.3) is 0 Å². The lowest BCUT2D eigenvalue weighted by atomic mass is 9.75. The van der Waals surface area contributed by atoms with Gasteiger partial charge in [0.05, 0.1) is 20.3 Å². The van der Waals surface area contributed by atoms with Gasteiger partial charge in [0.1, 0.15) is 0 Å². The lowest BCUT2D eigenvalue weighted by molar-refractivity contribution is 0.0560. The predicted octanol–water partition coefficient (Wildman–Crippen LogP) is 2.72. The molecule has 0 radical (unpaired) electrons. The third-order valence-corrected chi connectivity index (χ3v) is 4.39. The molecule has 0 spiro atoms. The van der Waals surface area contributed by atoms with Gasteiger partial charge in [-0.25, -0.2) is 0 Å². The molecule has 1 saturated carbocycles. The number of halogens is 1. The Kier molecular flexibility index (Phi) is 7.29. The average molecular weight is 316 g/mol. The molecule has 5 heteroatoms. The number of hydrogen-bond donors (Lipinski definition) is 2. The van der Waals surface area contributed by atoms with Crippen molar-refractivity contribution in [2.75, 3.05) is 20.8 Å². The minimum atomic E-state index is -0.245. The van der Waals surface area contributed by atoms with Crippen LogP contribution in [0.5, 0.6) is 11.5 Å². The first-order chi connectivity index (χ1) is 9.71. The van der Waals surface area contributed by atoms with Crippen molar-refractivity contribution in [3.8, 4) is 11.5 Å². The Labute approximate surface area is 133 Å². The van der Waals surface area contributed by atoms with Gasteiger partial charge >= 0.3 is 0 Å². The Bertz CT molecular complexity index is 442. The van der Waals surface area contributed by atoms with Gasteiger partial charge in [0.2, 0.25) is 0 Å². The van der Waals surface area contributed by atoms with Crippen molar-refractivity contribution in [3.63, 3.8) is 0 Å². The van der Waals surface area contributed by atoms with Crippen LogP contribution in [0, 0.1) is 5.92 Å². The van der Waals surface area contributed by atoms with Gasteiger partial charge in [0, 0.05) is 5.92 Å². The molecule has 0 heterocycles. The van der Waals surface area contributed by atoms with E-state index in [9.17, 15) is 5.11 Å². The van der Waals surface area contributed by atoms with Crippen LogP contribution in [0.2, 0.25) is 0 Å². The molecule has 4 nitrogen and oxygen atoms in total. The summed E-state index contributed by atoms with van der Waals surface area (Å²) in [4.78, 5) is 0. The number of rotatable bonds is 5. The summed E-state index contributed by atoms with van der Waals surface area (Å²) in [5.41, 5.74) is 7.10. The molecular weight excluding hydrogens is 290 g/mol. The maximum absolute atomic E-state index is 10.2. The summed E-state index contributed by atoms with van der Waals surface area (Å²) in [5.74, 6) is 1.85. The molecule has 0 unspecified atom stereocenters. The van der Waals surface area contributed by atoms with Gasteiger partial charge in [-0.1, -0.05) is 18.9 Å². The summed E-state index contributed by atoms with van der Waals surface area (Å²) >= 11 is 0. The van der Waals surface area contributed by atoms with Crippen molar-refractivity contribution in [2.24, 2.45) is 11.7 Å². The van der Waals surface area contributed by atoms with Crippen molar-refractivity contribution in [3.05, 3.63) is 23.8 Å². The summed E-state index contributed by atoms with van der Waals surface area (Å²) in [6.07, 6.45) is 3.96. The first-order valence-electron chi connectivity index (χ1n) is 7.31. The molecule has 1 fully saturated rings. The second-order valence-corrected chi connectivity index (χ2v) is 5.47. The van der Waals surface area contributed by atoms with E-state index in [4.69, 9.17) is 15.2 Å². The predicted molar refractivity (Wildman–Crippen MR) is 86.6 cm³/mol. The molecule has 0 aliphatic heterocycles. The van der Waals surface area contributed by atoms with Crippen molar-refractivity contribution in [1.29, 1.82) is 0 Å². The summed E-state index contributed by atoms with van der Waals surface area (Å²) < 4.78 is 10.6. The molecule has 1 aliphatic rings. The molecular formula is C16H26ClNO3. The molecule has 1 aromatic carbocycles. The third-order valence-electron chi connectivity index (χ3n) is 4.39. The quantitative estimate of drug-likeness (QED) is 0.877. The summed E-state index contributed by atoms with van der Waals surface area (Å²) in [5, 5.41) is 10.2. The van der Waals surface area contributed by atoms with Gasteiger partial charge in [-0.15, -0.1) is 12.4 Å². The standard InChI is InChI=1S/C16H25NO3.ClH/c1-19-15-8-7-11(9-16(15)20-2)13(10-17)12-5-3-4-6-14(12)18;/h7-9,12-14,18H,3-6,10,17H2,1-2H3;1H/t12-,13+,14-;/m1./s1. The Morgan fingerprint density at radius 2 is 1.86 bits per heavy atom. The number of nitrogens with two attached hydrogens (primary N) is 1. The summed E-state index contributed by atoms with van der Waals surface area (Å²) in [7, 11) is 3.26.